The number of unbranched alkanes of at least 4 members (excludes halogenated alkanes) is 1. The number of halogens is 2. The third-order valence-electron chi connectivity index (χ3n) is 7.16. The fourth-order valence-corrected chi connectivity index (χ4v) is 5.19. The number of hydrogen-bond donors (Lipinski definition) is 2. The molecule has 0 amide bonds. The number of benzene rings is 2. The van der Waals surface area contributed by atoms with Crippen LogP contribution in [0.4, 0.5) is 8.78 Å². The normalized spacial score (nSPS) is 18.2. The molecule has 2 heterocycles. The van der Waals surface area contributed by atoms with Crippen LogP contribution in [0.1, 0.15) is 53.6 Å². The molecule has 0 saturated heterocycles. The number of fused-ring (bicyclic) bond motifs is 2. The molecule has 174 valence electrons. The van der Waals surface area contributed by atoms with E-state index in [2.05, 4.69) is 9.88 Å². The second kappa shape index (κ2) is 9.14. The molecule has 7 heteroatoms. The third-order valence-corrected chi connectivity index (χ3v) is 7.16. The van der Waals surface area contributed by atoms with E-state index in [0.717, 1.165) is 55.1 Å². The van der Waals surface area contributed by atoms with Crippen LogP contribution in [0.5, 0.6) is 5.75 Å². The van der Waals surface area contributed by atoms with Crippen molar-refractivity contribution < 1.29 is 23.4 Å². The molecule has 1 fully saturated rings. The van der Waals surface area contributed by atoms with Crippen LogP contribution in [0.15, 0.2) is 36.5 Å². The lowest BCUT2D eigenvalue weighted by Crippen LogP contribution is -2.51. The summed E-state index contributed by atoms with van der Waals surface area (Å²) in [5, 5.41) is 10.5. The lowest BCUT2D eigenvalue weighted by molar-refractivity contribution is 0.0412. The van der Waals surface area contributed by atoms with Gasteiger partial charge in [0.25, 0.3) is 0 Å². The molecule has 1 aliphatic heterocycles. The maximum absolute atomic E-state index is 14.2. The van der Waals surface area contributed by atoms with Crippen molar-refractivity contribution >= 4 is 16.9 Å². The molecule has 1 unspecified atom stereocenters. The number of aromatic amines is 1. The number of ether oxygens (including phenoxy) is 1. The van der Waals surface area contributed by atoms with Gasteiger partial charge in [-0.1, -0.05) is 6.42 Å². The summed E-state index contributed by atoms with van der Waals surface area (Å²) in [6, 6.07) is 7.81. The zero-order valence-corrected chi connectivity index (χ0v) is 18.4. The maximum Gasteiger partial charge on any atom is 0.336 e. The predicted molar refractivity (Wildman–Crippen MR) is 122 cm³/mol. The van der Waals surface area contributed by atoms with Crippen LogP contribution in [-0.2, 0) is 12.8 Å². The highest BCUT2D eigenvalue weighted by Crippen LogP contribution is 2.35. The van der Waals surface area contributed by atoms with Gasteiger partial charge in [0.15, 0.2) is 11.6 Å². The molecule has 5 nitrogen and oxygen atoms in total. The van der Waals surface area contributed by atoms with Gasteiger partial charge in [-0.2, -0.15) is 0 Å². The van der Waals surface area contributed by atoms with Crippen molar-refractivity contribution in [2.24, 2.45) is 0 Å². The largest absolute Gasteiger partial charge is 0.489 e. The Balaban J connectivity index is 1.26. The van der Waals surface area contributed by atoms with Crippen LogP contribution >= 0.6 is 0 Å². The Hall–Kier alpha value is -2.93. The summed E-state index contributed by atoms with van der Waals surface area (Å²) in [6.07, 6.45) is 8.68. The van der Waals surface area contributed by atoms with E-state index in [4.69, 9.17) is 4.74 Å². The number of carboxylic acid groups (broad SMARTS) is 1. The number of nitrogens with zero attached hydrogens (tertiary/aromatic N) is 1. The Morgan fingerprint density at radius 2 is 2.00 bits per heavy atom. The molecular weight excluding hydrogens is 426 g/mol. The molecule has 5 rings (SSSR count). The average Bonchev–Trinajstić information content (AvgIpc) is 3.16. The first-order valence-electron chi connectivity index (χ1n) is 11.7. The lowest BCUT2D eigenvalue weighted by Gasteiger charge is -2.44. The summed E-state index contributed by atoms with van der Waals surface area (Å²) in [5.74, 6) is -1.69. The van der Waals surface area contributed by atoms with Gasteiger partial charge in [-0.3, -0.25) is 4.90 Å². The molecule has 3 aromatic rings. The Bertz CT molecular complexity index is 1170. The summed E-state index contributed by atoms with van der Waals surface area (Å²) in [6.45, 7) is 1.24. The van der Waals surface area contributed by atoms with Crippen LogP contribution < -0.4 is 4.74 Å². The number of rotatable bonds is 8. The van der Waals surface area contributed by atoms with E-state index in [1.54, 1.807) is 12.1 Å². The molecule has 2 aliphatic rings. The predicted octanol–water partition coefficient (Wildman–Crippen LogP) is 5.33. The topological polar surface area (TPSA) is 65.6 Å². The maximum atomic E-state index is 14.2. The molecule has 1 atom stereocenters. The number of aryl methyl sites for hydroxylation is 1. The second-order valence-corrected chi connectivity index (χ2v) is 9.16. The van der Waals surface area contributed by atoms with Crippen molar-refractivity contribution in [3.8, 4) is 5.75 Å². The summed E-state index contributed by atoms with van der Waals surface area (Å²) in [4.78, 5) is 17.3. The lowest BCUT2D eigenvalue weighted by atomic mass is 9.87. The Labute approximate surface area is 191 Å². The van der Waals surface area contributed by atoms with E-state index >= 15 is 0 Å². The quantitative estimate of drug-likeness (QED) is 0.452. The molecule has 2 N–H and O–H groups in total. The van der Waals surface area contributed by atoms with E-state index in [1.165, 1.54) is 24.6 Å². The van der Waals surface area contributed by atoms with Crippen LogP contribution in [-0.4, -0.2) is 46.2 Å². The molecule has 1 aliphatic carbocycles. The van der Waals surface area contributed by atoms with E-state index < -0.39 is 11.8 Å². The smallest absolute Gasteiger partial charge is 0.336 e. The fourth-order valence-electron chi connectivity index (χ4n) is 5.19. The number of aromatic nitrogens is 1. The van der Waals surface area contributed by atoms with Crippen LogP contribution in [0.2, 0.25) is 0 Å². The Morgan fingerprint density at radius 3 is 2.76 bits per heavy atom. The van der Waals surface area contributed by atoms with Crippen molar-refractivity contribution in [2.45, 2.75) is 57.0 Å². The van der Waals surface area contributed by atoms with E-state index in [-0.39, 0.29) is 23.2 Å². The molecular formula is C26H28F2N2O3. The fraction of sp³-hybridized carbons (Fsp3) is 0.423. The van der Waals surface area contributed by atoms with Crippen molar-refractivity contribution in [2.75, 3.05) is 13.2 Å². The molecule has 33 heavy (non-hydrogen) atoms. The monoisotopic (exact) mass is 454 g/mol. The van der Waals surface area contributed by atoms with Gasteiger partial charge >= 0.3 is 5.97 Å². The summed E-state index contributed by atoms with van der Waals surface area (Å²) in [5.41, 5.74) is 2.65. The highest BCUT2D eigenvalue weighted by Gasteiger charge is 2.35. The van der Waals surface area contributed by atoms with E-state index in [0.29, 0.717) is 24.6 Å². The molecule has 1 aromatic heterocycles. The molecule has 0 bridgehead atoms. The van der Waals surface area contributed by atoms with Gasteiger partial charge in [0.2, 0.25) is 0 Å². The number of nitrogens with one attached hydrogen (secondary N) is 1. The number of carboxylic acids is 1. The van der Waals surface area contributed by atoms with Crippen molar-refractivity contribution in [3.63, 3.8) is 0 Å². The summed E-state index contributed by atoms with van der Waals surface area (Å²) >= 11 is 0. The Morgan fingerprint density at radius 1 is 1.15 bits per heavy atom. The minimum atomic E-state index is -1.05. The first-order valence-corrected chi connectivity index (χ1v) is 11.7. The van der Waals surface area contributed by atoms with Gasteiger partial charge in [0.1, 0.15) is 12.4 Å². The first kappa shape index (κ1) is 21.9. The highest BCUT2D eigenvalue weighted by atomic mass is 19.1. The number of H-pyrrole nitrogens is 1. The van der Waals surface area contributed by atoms with Crippen molar-refractivity contribution in [3.05, 3.63) is 64.9 Å². The number of hydrogen-bond acceptors (Lipinski definition) is 3. The molecule has 2 aromatic carbocycles. The van der Waals surface area contributed by atoms with Crippen LogP contribution in [0.3, 0.4) is 0 Å². The SMILES string of the molecule is O=C(O)c1ccc(F)c2c1CC(N(CCCCc1c[nH]c3ccc(F)cc13)C1CCC1)CO2. The summed E-state index contributed by atoms with van der Waals surface area (Å²) in [7, 11) is 0. The number of aromatic carboxylic acids is 1. The van der Waals surface area contributed by atoms with Crippen LogP contribution in [0.25, 0.3) is 10.9 Å². The van der Waals surface area contributed by atoms with Gasteiger partial charge in [-0.25, -0.2) is 13.6 Å². The standard InChI is InChI=1S/C26H28F2N2O3/c27-17-7-10-24-21(12-17)16(14-29-24)4-1-2-11-30(18-5-3-6-18)19-13-22-20(26(31)32)8-9-23(28)25(22)33-15-19/h7-10,12,14,18-19,29H,1-6,11,13,15H2,(H,31,32). The number of carbonyl (C=O) groups is 1. The highest BCUT2D eigenvalue weighted by molar-refractivity contribution is 5.90. The van der Waals surface area contributed by atoms with Gasteiger partial charge in [0, 0.05) is 34.7 Å². The van der Waals surface area contributed by atoms with Crippen molar-refractivity contribution in [1.82, 2.24) is 9.88 Å². The van der Waals surface area contributed by atoms with Crippen molar-refractivity contribution in [1.29, 1.82) is 0 Å². The first-order chi connectivity index (χ1) is 16.0. The second-order valence-electron chi connectivity index (χ2n) is 9.16. The average molecular weight is 455 g/mol. The van der Waals surface area contributed by atoms with E-state index in [9.17, 15) is 18.7 Å². The van der Waals surface area contributed by atoms with Gasteiger partial charge in [-0.05, 0) is 81.0 Å². The van der Waals surface area contributed by atoms with Crippen LogP contribution in [0, 0.1) is 11.6 Å². The molecule has 0 spiro atoms. The van der Waals surface area contributed by atoms with Gasteiger partial charge < -0.3 is 14.8 Å². The molecule has 1 saturated carbocycles. The zero-order chi connectivity index (χ0) is 22.9. The zero-order valence-electron chi connectivity index (χ0n) is 18.4. The minimum Gasteiger partial charge on any atom is -0.489 e. The van der Waals surface area contributed by atoms with Gasteiger partial charge in [0.05, 0.1) is 5.56 Å². The molecule has 0 radical (unpaired) electrons. The third kappa shape index (κ3) is 4.34. The van der Waals surface area contributed by atoms with Gasteiger partial charge in [-0.15, -0.1) is 0 Å². The minimum absolute atomic E-state index is 0.0323. The Kier molecular flexibility index (Phi) is 6.06. The van der Waals surface area contributed by atoms with E-state index in [1.807, 2.05) is 6.20 Å². The summed E-state index contributed by atoms with van der Waals surface area (Å²) < 4.78 is 33.6.